The van der Waals surface area contributed by atoms with Crippen molar-refractivity contribution in [3.8, 4) is 11.5 Å². The molecule has 1 fully saturated rings. The van der Waals surface area contributed by atoms with Crippen molar-refractivity contribution in [1.29, 1.82) is 0 Å². The minimum atomic E-state index is 0.317. The Morgan fingerprint density at radius 3 is 2.38 bits per heavy atom. The van der Waals surface area contributed by atoms with Crippen LogP contribution in [0.15, 0.2) is 30.3 Å². The predicted molar refractivity (Wildman–Crippen MR) is 97.6 cm³/mol. The third-order valence-electron chi connectivity index (χ3n) is 6.02. The number of methoxy groups -OCH3 is 1. The maximum absolute atomic E-state index is 9.64. The van der Waals surface area contributed by atoms with Crippen molar-refractivity contribution < 1.29 is 9.84 Å². The first-order valence-corrected chi connectivity index (χ1v) is 8.77. The Bertz CT molecular complexity index is 775. The molecule has 126 valence electrons. The topological polar surface area (TPSA) is 32.7 Å². The fourth-order valence-electron chi connectivity index (χ4n) is 4.40. The van der Waals surface area contributed by atoms with Crippen LogP contribution < -0.4 is 9.64 Å². The first-order chi connectivity index (χ1) is 11.5. The van der Waals surface area contributed by atoms with Gasteiger partial charge in [0.25, 0.3) is 0 Å². The summed E-state index contributed by atoms with van der Waals surface area (Å²) in [6, 6.07) is 9.85. The van der Waals surface area contributed by atoms with Crippen molar-refractivity contribution in [2.75, 3.05) is 18.6 Å². The molecule has 0 unspecified atom stereocenters. The number of phenols is 1. The van der Waals surface area contributed by atoms with Crippen molar-refractivity contribution in [3.05, 3.63) is 47.0 Å². The number of nitrogens with zero attached hydrogens (tertiary/aromatic N) is 1. The van der Waals surface area contributed by atoms with Crippen LogP contribution in [-0.2, 0) is 6.42 Å². The van der Waals surface area contributed by atoms with Crippen LogP contribution in [0.3, 0.4) is 0 Å². The molecule has 4 rings (SSSR count). The highest BCUT2D eigenvalue weighted by atomic mass is 16.5. The maximum atomic E-state index is 9.64. The smallest absolute Gasteiger partial charge is 0.122 e. The highest BCUT2D eigenvalue weighted by Gasteiger charge is 2.43. The van der Waals surface area contributed by atoms with Crippen molar-refractivity contribution in [2.24, 2.45) is 5.41 Å². The highest BCUT2D eigenvalue weighted by Crippen LogP contribution is 2.53. The molecule has 1 heterocycles. The second kappa shape index (κ2) is 5.44. The number of hydrogen-bond donors (Lipinski definition) is 1. The molecule has 24 heavy (non-hydrogen) atoms. The average molecular weight is 323 g/mol. The third-order valence-corrected chi connectivity index (χ3v) is 6.02. The lowest BCUT2D eigenvalue weighted by atomic mass is 9.63. The van der Waals surface area contributed by atoms with E-state index in [1.807, 2.05) is 12.1 Å². The molecular formula is C21H25NO2. The number of phenolic OH excluding ortho intramolecular Hbond substituents is 1. The number of ether oxygens (including phenoxy) is 1. The second-order valence-electron chi connectivity index (χ2n) is 7.47. The van der Waals surface area contributed by atoms with Crippen molar-refractivity contribution in [1.82, 2.24) is 0 Å². The Balaban J connectivity index is 1.88. The van der Waals surface area contributed by atoms with Crippen LogP contribution in [0.25, 0.3) is 0 Å². The van der Waals surface area contributed by atoms with Gasteiger partial charge in [0.2, 0.25) is 0 Å². The van der Waals surface area contributed by atoms with Crippen molar-refractivity contribution in [3.63, 3.8) is 0 Å². The molecule has 0 radical (unpaired) electrons. The molecular weight excluding hydrogens is 298 g/mol. The van der Waals surface area contributed by atoms with E-state index in [9.17, 15) is 5.11 Å². The van der Waals surface area contributed by atoms with Gasteiger partial charge in [-0.1, -0.05) is 6.42 Å². The van der Waals surface area contributed by atoms with Gasteiger partial charge in [-0.25, -0.2) is 0 Å². The highest BCUT2D eigenvalue weighted by molar-refractivity contribution is 5.75. The molecule has 0 aromatic heterocycles. The molecule has 1 saturated carbocycles. The van der Waals surface area contributed by atoms with E-state index in [0.717, 1.165) is 24.4 Å². The first kappa shape index (κ1) is 15.4. The molecule has 1 N–H and O–H groups in total. The molecule has 1 aliphatic carbocycles. The summed E-state index contributed by atoms with van der Waals surface area (Å²) in [5, 5.41) is 9.64. The molecule has 0 bridgehead atoms. The zero-order chi connectivity index (χ0) is 16.9. The van der Waals surface area contributed by atoms with E-state index in [-0.39, 0.29) is 0 Å². The Kier molecular flexibility index (Phi) is 3.48. The van der Waals surface area contributed by atoms with Gasteiger partial charge in [-0.2, -0.15) is 0 Å². The Hall–Kier alpha value is -2.16. The van der Waals surface area contributed by atoms with Crippen LogP contribution in [-0.4, -0.2) is 18.8 Å². The summed E-state index contributed by atoms with van der Waals surface area (Å²) in [7, 11) is 1.76. The lowest BCUT2D eigenvalue weighted by Crippen LogP contribution is -2.46. The Labute approximate surface area is 143 Å². The molecule has 0 saturated heterocycles. The molecule has 1 aliphatic heterocycles. The SMILES string of the molecule is COc1cc2c(c(C)c1C)N(c1ccc(O)cc1)CC1(CCC1)C2. The summed E-state index contributed by atoms with van der Waals surface area (Å²) < 4.78 is 5.62. The molecule has 0 amide bonds. The van der Waals surface area contributed by atoms with E-state index in [1.54, 1.807) is 19.2 Å². The number of aromatic hydroxyl groups is 1. The fourth-order valence-corrected chi connectivity index (χ4v) is 4.40. The zero-order valence-corrected chi connectivity index (χ0v) is 14.7. The molecule has 3 nitrogen and oxygen atoms in total. The summed E-state index contributed by atoms with van der Waals surface area (Å²) in [4.78, 5) is 2.46. The first-order valence-electron chi connectivity index (χ1n) is 8.77. The molecule has 2 aromatic carbocycles. The quantitative estimate of drug-likeness (QED) is 0.855. The zero-order valence-electron chi connectivity index (χ0n) is 14.7. The van der Waals surface area contributed by atoms with Crippen LogP contribution in [0.4, 0.5) is 11.4 Å². The fraction of sp³-hybridized carbons (Fsp3) is 0.429. The number of rotatable bonds is 2. The summed E-state index contributed by atoms with van der Waals surface area (Å²) in [5.74, 6) is 1.31. The van der Waals surface area contributed by atoms with Gasteiger partial charge < -0.3 is 14.7 Å². The Morgan fingerprint density at radius 1 is 1.08 bits per heavy atom. The largest absolute Gasteiger partial charge is 0.508 e. The van der Waals surface area contributed by atoms with E-state index < -0.39 is 0 Å². The molecule has 0 atom stereocenters. The van der Waals surface area contributed by atoms with Crippen LogP contribution in [0.2, 0.25) is 0 Å². The summed E-state index contributed by atoms with van der Waals surface area (Å²) in [6.07, 6.45) is 5.08. The van der Waals surface area contributed by atoms with Crippen LogP contribution in [0, 0.1) is 19.3 Å². The van der Waals surface area contributed by atoms with Crippen LogP contribution in [0.1, 0.15) is 36.0 Å². The van der Waals surface area contributed by atoms with Gasteiger partial charge in [0.05, 0.1) is 7.11 Å². The van der Waals surface area contributed by atoms with E-state index >= 15 is 0 Å². The maximum Gasteiger partial charge on any atom is 0.122 e. The normalized spacial score (nSPS) is 18.2. The monoisotopic (exact) mass is 323 g/mol. The number of benzene rings is 2. The van der Waals surface area contributed by atoms with Crippen molar-refractivity contribution in [2.45, 2.75) is 39.5 Å². The van der Waals surface area contributed by atoms with Crippen LogP contribution >= 0.6 is 0 Å². The average Bonchev–Trinajstić information content (AvgIpc) is 2.56. The molecule has 1 spiro atoms. The van der Waals surface area contributed by atoms with Gasteiger partial charge >= 0.3 is 0 Å². The van der Waals surface area contributed by atoms with E-state index in [4.69, 9.17) is 4.74 Å². The van der Waals surface area contributed by atoms with Gasteiger partial charge in [-0.15, -0.1) is 0 Å². The standard InChI is InChI=1S/C21H25NO2/c1-14-15(2)20-16(11-19(14)24-3)12-21(9-4-10-21)13-22(20)17-5-7-18(23)8-6-17/h5-8,11,23H,4,9-10,12-13H2,1-3H3. The third kappa shape index (κ3) is 2.26. The summed E-state index contributed by atoms with van der Waals surface area (Å²) in [5.41, 5.74) is 6.80. The second-order valence-corrected chi connectivity index (χ2v) is 7.47. The van der Waals surface area contributed by atoms with E-state index in [0.29, 0.717) is 11.2 Å². The van der Waals surface area contributed by atoms with Gasteiger partial charge in [0.1, 0.15) is 11.5 Å². The number of fused-ring (bicyclic) bond motifs is 1. The molecule has 2 aliphatic rings. The van der Waals surface area contributed by atoms with E-state index in [1.165, 1.54) is 41.6 Å². The van der Waals surface area contributed by atoms with Crippen LogP contribution in [0.5, 0.6) is 11.5 Å². The Morgan fingerprint density at radius 2 is 1.79 bits per heavy atom. The van der Waals surface area contributed by atoms with Gasteiger partial charge in [-0.3, -0.25) is 0 Å². The lowest BCUT2D eigenvalue weighted by Gasteiger charge is -2.50. The molecule has 2 aromatic rings. The predicted octanol–water partition coefficient (Wildman–Crippen LogP) is 4.88. The molecule has 3 heteroatoms. The van der Waals surface area contributed by atoms with Gasteiger partial charge in [0.15, 0.2) is 0 Å². The van der Waals surface area contributed by atoms with Gasteiger partial charge in [-0.05, 0) is 85.5 Å². The summed E-state index contributed by atoms with van der Waals surface area (Å²) >= 11 is 0. The minimum absolute atomic E-state index is 0.317. The summed E-state index contributed by atoms with van der Waals surface area (Å²) in [6.45, 7) is 5.40. The lowest BCUT2D eigenvalue weighted by molar-refractivity contribution is 0.138. The minimum Gasteiger partial charge on any atom is -0.508 e. The van der Waals surface area contributed by atoms with E-state index in [2.05, 4.69) is 24.8 Å². The van der Waals surface area contributed by atoms with Gasteiger partial charge in [0, 0.05) is 17.9 Å². The number of anilines is 2. The number of hydrogen-bond acceptors (Lipinski definition) is 3. The van der Waals surface area contributed by atoms with Crippen molar-refractivity contribution >= 4 is 11.4 Å².